The summed E-state index contributed by atoms with van der Waals surface area (Å²) in [5.41, 5.74) is -1.05. The van der Waals surface area contributed by atoms with Crippen molar-refractivity contribution in [2.75, 3.05) is 0 Å². The van der Waals surface area contributed by atoms with Crippen molar-refractivity contribution in [1.29, 1.82) is 0 Å². The first kappa shape index (κ1) is 14.9. The number of carbonyl (C=O) groups excluding carboxylic acids is 1. The van der Waals surface area contributed by atoms with Gasteiger partial charge in [0, 0.05) is 11.1 Å². The van der Waals surface area contributed by atoms with Crippen LogP contribution in [0.25, 0.3) is 0 Å². The van der Waals surface area contributed by atoms with Crippen molar-refractivity contribution in [3.63, 3.8) is 0 Å². The van der Waals surface area contributed by atoms with Gasteiger partial charge in [-0.2, -0.15) is 0 Å². The first-order valence-electron chi connectivity index (χ1n) is 5.73. The molecule has 102 valence electrons. The van der Waals surface area contributed by atoms with E-state index in [0.717, 1.165) is 17.0 Å². The van der Waals surface area contributed by atoms with Crippen LogP contribution in [0.4, 0.5) is 0 Å². The second-order valence-electron chi connectivity index (χ2n) is 5.46. The maximum atomic E-state index is 11.9. The van der Waals surface area contributed by atoms with Crippen LogP contribution >= 0.6 is 11.3 Å². The molecule has 1 amide bonds. The lowest BCUT2D eigenvalue weighted by molar-refractivity contribution is -0.126. The van der Waals surface area contributed by atoms with Gasteiger partial charge >= 0.3 is 4.87 Å². The van der Waals surface area contributed by atoms with E-state index in [1.807, 2.05) is 0 Å². The van der Waals surface area contributed by atoms with E-state index in [2.05, 4.69) is 5.32 Å². The van der Waals surface area contributed by atoms with Gasteiger partial charge in [0.15, 0.2) is 0 Å². The van der Waals surface area contributed by atoms with Crippen LogP contribution in [0.2, 0.25) is 0 Å². The molecule has 0 unspecified atom stereocenters. The molecule has 0 saturated carbocycles. The molecule has 1 rings (SSSR count). The number of rotatable bonds is 4. The third kappa shape index (κ3) is 3.20. The first-order valence-corrected chi connectivity index (χ1v) is 6.61. The lowest BCUT2D eigenvalue weighted by Crippen LogP contribution is -2.58. The number of aromatic nitrogens is 1. The summed E-state index contributed by atoms with van der Waals surface area (Å²) >= 11 is 1.07. The molecule has 0 aliphatic heterocycles. The molecule has 5 nitrogen and oxygen atoms in total. The van der Waals surface area contributed by atoms with Gasteiger partial charge in [0.2, 0.25) is 5.91 Å². The zero-order valence-corrected chi connectivity index (χ0v) is 12.2. The van der Waals surface area contributed by atoms with Crippen molar-refractivity contribution in [2.24, 2.45) is 0 Å². The average molecular weight is 272 g/mol. The van der Waals surface area contributed by atoms with Crippen molar-refractivity contribution >= 4 is 17.2 Å². The molecular formula is C12H20N2O3S. The summed E-state index contributed by atoms with van der Waals surface area (Å²) in [4.78, 5) is 23.2. The third-order valence-electron chi connectivity index (χ3n) is 3.26. The smallest absolute Gasteiger partial charge is 0.307 e. The highest BCUT2D eigenvalue weighted by atomic mass is 32.1. The lowest BCUT2D eigenvalue weighted by atomic mass is 9.86. The molecule has 0 bridgehead atoms. The monoisotopic (exact) mass is 272 g/mol. The highest BCUT2D eigenvalue weighted by molar-refractivity contribution is 7.07. The van der Waals surface area contributed by atoms with E-state index in [9.17, 15) is 14.7 Å². The van der Waals surface area contributed by atoms with E-state index in [0.29, 0.717) is 0 Å². The Balaban J connectivity index is 2.78. The fourth-order valence-corrected chi connectivity index (χ4v) is 2.02. The van der Waals surface area contributed by atoms with Crippen LogP contribution in [0.3, 0.4) is 0 Å². The Morgan fingerprint density at radius 2 is 2.00 bits per heavy atom. The summed E-state index contributed by atoms with van der Waals surface area (Å²) in [7, 11) is 0. The number of nitrogens with zero attached hydrogens (tertiary/aromatic N) is 1. The number of hydrogen-bond donors (Lipinski definition) is 2. The van der Waals surface area contributed by atoms with Crippen molar-refractivity contribution in [3.8, 4) is 0 Å². The van der Waals surface area contributed by atoms with E-state index in [1.165, 1.54) is 4.57 Å². The van der Waals surface area contributed by atoms with E-state index in [4.69, 9.17) is 0 Å². The van der Waals surface area contributed by atoms with Gasteiger partial charge in [-0.3, -0.25) is 14.2 Å². The van der Waals surface area contributed by atoms with Crippen LogP contribution in [0.1, 0.15) is 33.4 Å². The van der Waals surface area contributed by atoms with Crippen LogP contribution in [0, 0.1) is 6.92 Å². The maximum Gasteiger partial charge on any atom is 0.307 e. The molecule has 1 aromatic heterocycles. The molecule has 0 fully saturated rings. The largest absolute Gasteiger partial charge is 0.388 e. The van der Waals surface area contributed by atoms with Gasteiger partial charge < -0.3 is 10.4 Å². The summed E-state index contributed by atoms with van der Waals surface area (Å²) in [5, 5.41) is 14.4. The topological polar surface area (TPSA) is 71.3 Å². The molecule has 2 N–H and O–H groups in total. The number of thiazole rings is 1. The normalized spacial score (nSPS) is 12.6. The van der Waals surface area contributed by atoms with Crippen LogP contribution in [0.15, 0.2) is 10.2 Å². The maximum absolute atomic E-state index is 11.9. The Morgan fingerprint density at radius 3 is 2.39 bits per heavy atom. The van der Waals surface area contributed by atoms with Crippen LogP contribution in [-0.4, -0.2) is 26.7 Å². The second kappa shape index (κ2) is 4.85. The Kier molecular flexibility index (Phi) is 4.02. The predicted molar refractivity (Wildman–Crippen MR) is 71.8 cm³/mol. The molecular weight excluding hydrogens is 252 g/mol. The molecule has 1 aromatic rings. The van der Waals surface area contributed by atoms with Crippen LogP contribution in [0.5, 0.6) is 0 Å². The summed E-state index contributed by atoms with van der Waals surface area (Å²) in [6.45, 7) is 8.52. The molecule has 0 aromatic carbocycles. The zero-order chi connectivity index (χ0) is 14.1. The zero-order valence-electron chi connectivity index (χ0n) is 11.4. The van der Waals surface area contributed by atoms with Gasteiger partial charge in [-0.25, -0.2) is 0 Å². The molecule has 0 aliphatic carbocycles. The second-order valence-corrected chi connectivity index (χ2v) is 6.28. The van der Waals surface area contributed by atoms with E-state index in [-0.39, 0.29) is 17.3 Å². The number of aryl methyl sites for hydroxylation is 1. The lowest BCUT2D eigenvalue weighted by Gasteiger charge is -2.38. The molecule has 1 heterocycles. The first-order chi connectivity index (χ1) is 8.04. The Labute approximate surface area is 110 Å². The van der Waals surface area contributed by atoms with Crippen molar-refractivity contribution in [1.82, 2.24) is 9.88 Å². The summed E-state index contributed by atoms with van der Waals surface area (Å²) < 4.78 is 1.42. The van der Waals surface area contributed by atoms with Gasteiger partial charge in [0.05, 0.1) is 11.1 Å². The fraction of sp³-hybridized carbons (Fsp3) is 0.667. The van der Waals surface area contributed by atoms with Gasteiger partial charge in [0.1, 0.15) is 6.54 Å². The highest BCUT2D eigenvalue weighted by Crippen LogP contribution is 2.20. The van der Waals surface area contributed by atoms with Crippen molar-refractivity contribution < 1.29 is 9.90 Å². The molecule has 0 aliphatic rings. The SMILES string of the molecule is Cc1csc(=O)n1CC(=O)NC(C)(C)C(C)(C)O. The van der Waals surface area contributed by atoms with Gasteiger partial charge in [-0.15, -0.1) is 0 Å². The minimum atomic E-state index is -1.04. The van der Waals surface area contributed by atoms with Gasteiger partial charge in [-0.05, 0) is 34.6 Å². The Hall–Kier alpha value is -1.14. The Morgan fingerprint density at radius 1 is 1.44 bits per heavy atom. The molecule has 18 heavy (non-hydrogen) atoms. The van der Waals surface area contributed by atoms with Crippen molar-refractivity contribution in [3.05, 3.63) is 20.7 Å². The summed E-state index contributed by atoms with van der Waals surface area (Å²) in [5.74, 6) is -0.286. The van der Waals surface area contributed by atoms with E-state index < -0.39 is 11.1 Å². The van der Waals surface area contributed by atoms with Gasteiger partial charge in [0.25, 0.3) is 0 Å². The third-order valence-corrected chi connectivity index (χ3v) is 4.14. The number of carbonyl (C=O) groups is 1. The fourth-order valence-electron chi connectivity index (χ4n) is 1.28. The Bertz CT molecular complexity index is 494. The quantitative estimate of drug-likeness (QED) is 0.855. The standard InChI is InChI=1S/C12H20N2O3S/c1-8-7-18-10(16)14(8)6-9(15)13-11(2,3)12(4,5)17/h7,17H,6H2,1-5H3,(H,13,15). The predicted octanol–water partition coefficient (Wildman–Crippen LogP) is 0.884. The summed E-state index contributed by atoms with van der Waals surface area (Å²) in [6.07, 6.45) is 0. The number of amides is 1. The molecule has 6 heteroatoms. The molecule has 0 atom stereocenters. The number of hydrogen-bond acceptors (Lipinski definition) is 4. The highest BCUT2D eigenvalue weighted by Gasteiger charge is 2.36. The average Bonchev–Trinajstić information content (AvgIpc) is 2.46. The minimum Gasteiger partial charge on any atom is -0.388 e. The molecule has 0 saturated heterocycles. The van der Waals surface area contributed by atoms with Gasteiger partial charge in [-0.1, -0.05) is 11.3 Å². The number of aliphatic hydroxyl groups is 1. The molecule has 0 spiro atoms. The van der Waals surface area contributed by atoms with Crippen molar-refractivity contribution in [2.45, 2.75) is 52.3 Å². The minimum absolute atomic E-state index is 0.0202. The van der Waals surface area contributed by atoms with E-state index >= 15 is 0 Å². The van der Waals surface area contributed by atoms with Crippen LogP contribution < -0.4 is 10.2 Å². The number of nitrogens with one attached hydrogen (secondary N) is 1. The summed E-state index contributed by atoms with van der Waals surface area (Å²) in [6, 6.07) is 0. The van der Waals surface area contributed by atoms with Crippen LogP contribution in [-0.2, 0) is 11.3 Å². The van der Waals surface area contributed by atoms with E-state index in [1.54, 1.807) is 40.0 Å². The molecule has 0 radical (unpaired) electrons.